The van der Waals surface area contributed by atoms with E-state index >= 15 is 0 Å². The Kier molecular flexibility index (Phi) is 4.80. The average molecular weight is 417 g/mol. The molecule has 8 heteroatoms. The molecule has 0 spiro atoms. The molecule has 4 rings (SSSR count). The number of methoxy groups -OCH3 is 1. The first kappa shape index (κ1) is 20.7. The molecule has 1 aliphatic heterocycles. The highest BCUT2D eigenvalue weighted by molar-refractivity contribution is 6.04. The van der Waals surface area contributed by atoms with Gasteiger partial charge in [0.25, 0.3) is 5.91 Å². The number of hydrogen-bond donors (Lipinski definition) is 1. The quantitative estimate of drug-likeness (QED) is 0.806. The molecule has 1 amide bonds. The third kappa shape index (κ3) is 2.96. The lowest BCUT2D eigenvalue weighted by atomic mass is 9.48. The number of benzene rings is 1. The number of carbonyl (C=O) groups excluding carboxylic acids is 1. The number of aliphatic hydroxyl groups is 1. The van der Waals surface area contributed by atoms with Gasteiger partial charge >= 0.3 is 0 Å². The van der Waals surface area contributed by atoms with Crippen LogP contribution in [0, 0.1) is 22.6 Å². The molecule has 1 saturated heterocycles. The predicted octanol–water partition coefficient (Wildman–Crippen LogP) is 3.04. The first-order valence-corrected chi connectivity index (χ1v) is 10.0. The van der Waals surface area contributed by atoms with Crippen LogP contribution in [0.1, 0.15) is 30.6 Å². The number of hydrogen-bond acceptors (Lipinski definition) is 6. The van der Waals surface area contributed by atoms with E-state index in [0.29, 0.717) is 30.0 Å². The first-order chi connectivity index (χ1) is 14.1. The molecule has 0 bridgehead atoms. The van der Waals surface area contributed by atoms with Crippen molar-refractivity contribution < 1.29 is 23.6 Å². The van der Waals surface area contributed by atoms with Crippen LogP contribution in [0.5, 0.6) is 5.75 Å². The van der Waals surface area contributed by atoms with Crippen molar-refractivity contribution in [2.75, 3.05) is 45.8 Å². The van der Waals surface area contributed by atoms with E-state index in [0.717, 1.165) is 6.42 Å². The summed E-state index contributed by atoms with van der Waals surface area (Å²) in [5.74, 6) is 0.305. The lowest BCUT2D eigenvalue weighted by Crippen LogP contribution is -2.54. The van der Waals surface area contributed by atoms with E-state index in [9.17, 15) is 14.3 Å². The van der Waals surface area contributed by atoms with Crippen molar-refractivity contribution in [3.05, 3.63) is 29.6 Å². The van der Waals surface area contributed by atoms with Crippen LogP contribution in [-0.2, 0) is 0 Å². The molecule has 2 fully saturated rings. The van der Waals surface area contributed by atoms with Gasteiger partial charge in [0.2, 0.25) is 0 Å². The number of amides is 1. The molecule has 1 aliphatic carbocycles. The molecule has 1 saturated carbocycles. The molecule has 1 N–H and O–H groups in total. The Morgan fingerprint density at radius 1 is 1.43 bits per heavy atom. The van der Waals surface area contributed by atoms with Gasteiger partial charge in [0.05, 0.1) is 13.7 Å². The van der Waals surface area contributed by atoms with Gasteiger partial charge in [0, 0.05) is 38.2 Å². The highest BCUT2D eigenvalue weighted by Gasteiger charge is 2.63. The molecule has 162 valence electrons. The Hall–Kier alpha value is -2.61. The highest BCUT2D eigenvalue weighted by Crippen LogP contribution is 2.62. The van der Waals surface area contributed by atoms with E-state index in [-0.39, 0.29) is 40.8 Å². The van der Waals surface area contributed by atoms with E-state index in [2.05, 4.69) is 19.0 Å². The SMILES string of the molecule is COc1cc(-c2onc(N(C)C)c2C(=O)N2C[C@@H]3C(C)(C)C[C@]3(CO)C2)ccc1F. The zero-order valence-electron chi connectivity index (χ0n) is 18.0. The third-order valence-corrected chi connectivity index (χ3v) is 6.73. The van der Waals surface area contributed by atoms with Crippen LogP contribution < -0.4 is 9.64 Å². The van der Waals surface area contributed by atoms with Crippen molar-refractivity contribution in [3.8, 4) is 17.1 Å². The molecule has 2 heterocycles. The van der Waals surface area contributed by atoms with Crippen LogP contribution in [-0.4, -0.2) is 62.0 Å². The van der Waals surface area contributed by atoms with E-state index in [1.807, 2.05) is 0 Å². The number of likely N-dealkylation sites (tertiary alicyclic amines) is 1. The molecule has 30 heavy (non-hydrogen) atoms. The molecule has 7 nitrogen and oxygen atoms in total. The lowest BCUT2D eigenvalue weighted by Gasteiger charge is -2.55. The Morgan fingerprint density at radius 2 is 2.17 bits per heavy atom. The number of anilines is 1. The third-order valence-electron chi connectivity index (χ3n) is 6.73. The van der Waals surface area contributed by atoms with E-state index in [1.54, 1.807) is 30.0 Å². The van der Waals surface area contributed by atoms with Gasteiger partial charge < -0.3 is 24.2 Å². The van der Waals surface area contributed by atoms with Crippen molar-refractivity contribution >= 4 is 11.7 Å². The van der Waals surface area contributed by atoms with Gasteiger partial charge in [-0.25, -0.2) is 4.39 Å². The minimum atomic E-state index is -0.496. The Balaban J connectivity index is 1.74. The fraction of sp³-hybridized carbons (Fsp3) is 0.545. The monoisotopic (exact) mass is 417 g/mol. The number of aliphatic hydroxyl groups excluding tert-OH is 1. The number of aromatic nitrogens is 1. The van der Waals surface area contributed by atoms with Crippen LogP contribution >= 0.6 is 0 Å². The minimum absolute atomic E-state index is 0.0638. The van der Waals surface area contributed by atoms with Gasteiger partial charge in [0.15, 0.2) is 23.1 Å². The number of carbonyl (C=O) groups is 1. The average Bonchev–Trinajstić information content (AvgIpc) is 3.28. The van der Waals surface area contributed by atoms with Crippen LogP contribution in [0.4, 0.5) is 10.2 Å². The zero-order valence-corrected chi connectivity index (χ0v) is 18.0. The van der Waals surface area contributed by atoms with E-state index in [1.165, 1.54) is 19.2 Å². The smallest absolute Gasteiger partial charge is 0.261 e. The minimum Gasteiger partial charge on any atom is -0.494 e. The predicted molar refractivity (Wildman–Crippen MR) is 110 cm³/mol. The van der Waals surface area contributed by atoms with Gasteiger partial charge in [-0.1, -0.05) is 19.0 Å². The molecule has 2 aromatic rings. The zero-order chi connectivity index (χ0) is 21.8. The topological polar surface area (TPSA) is 79.0 Å². The number of nitrogens with zero attached hydrogens (tertiary/aromatic N) is 3. The second kappa shape index (κ2) is 6.97. The Morgan fingerprint density at radius 3 is 2.73 bits per heavy atom. The summed E-state index contributed by atoms with van der Waals surface area (Å²) < 4.78 is 24.5. The largest absolute Gasteiger partial charge is 0.494 e. The Labute approximate surface area is 175 Å². The maximum Gasteiger partial charge on any atom is 0.261 e. The van der Waals surface area contributed by atoms with Crippen molar-refractivity contribution in [2.45, 2.75) is 20.3 Å². The first-order valence-electron chi connectivity index (χ1n) is 10.0. The highest BCUT2D eigenvalue weighted by atomic mass is 19.1. The summed E-state index contributed by atoms with van der Waals surface area (Å²) in [4.78, 5) is 17.2. The summed E-state index contributed by atoms with van der Waals surface area (Å²) in [6.07, 6.45) is 0.886. The maximum absolute atomic E-state index is 13.9. The van der Waals surface area contributed by atoms with Crippen molar-refractivity contribution in [1.82, 2.24) is 10.1 Å². The van der Waals surface area contributed by atoms with Crippen LogP contribution in [0.2, 0.25) is 0 Å². The number of ether oxygens (including phenoxy) is 1. The summed E-state index contributed by atoms with van der Waals surface area (Å²) >= 11 is 0. The molecule has 0 unspecified atom stereocenters. The number of halogens is 1. The molecule has 1 aromatic carbocycles. The van der Waals surface area contributed by atoms with Gasteiger partial charge in [-0.2, -0.15) is 0 Å². The second-order valence-corrected chi connectivity index (χ2v) is 9.38. The Bertz CT molecular complexity index is 987. The number of rotatable bonds is 5. The molecular weight excluding hydrogens is 389 g/mol. The van der Waals surface area contributed by atoms with Crippen LogP contribution in [0.15, 0.2) is 22.7 Å². The second-order valence-electron chi connectivity index (χ2n) is 9.38. The fourth-order valence-electron chi connectivity index (χ4n) is 5.43. The number of fused-ring (bicyclic) bond motifs is 1. The maximum atomic E-state index is 13.9. The van der Waals surface area contributed by atoms with E-state index in [4.69, 9.17) is 9.26 Å². The molecule has 0 radical (unpaired) electrons. The molecular formula is C22H28FN3O4. The van der Waals surface area contributed by atoms with Crippen LogP contribution in [0.25, 0.3) is 11.3 Å². The summed E-state index contributed by atoms with van der Waals surface area (Å²) in [5, 5.41) is 14.1. The lowest BCUT2D eigenvalue weighted by molar-refractivity contribution is -0.0977. The molecule has 2 aliphatic rings. The van der Waals surface area contributed by atoms with Gasteiger partial charge in [-0.15, -0.1) is 0 Å². The van der Waals surface area contributed by atoms with Gasteiger partial charge in [-0.05, 0) is 36.0 Å². The standard InChI is InChI=1S/C22H28FN3O4/c1-21(2)10-22(12-27)11-26(9-16(21)22)20(28)17-18(30-24-19(17)25(3)4)13-6-7-14(23)15(8-13)29-5/h6-8,16,27H,9-12H2,1-5H3/t16-,22-/m1/s1. The van der Waals surface area contributed by atoms with Crippen molar-refractivity contribution in [2.24, 2.45) is 16.7 Å². The van der Waals surface area contributed by atoms with Crippen LogP contribution in [0.3, 0.4) is 0 Å². The van der Waals surface area contributed by atoms with E-state index < -0.39 is 5.82 Å². The van der Waals surface area contributed by atoms with Gasteiger partial charge in [-0.3, -0.25) is 4.79 Å². The van der Waals surface area contributed by atoms with Gasteiger partial charge in [0.1, 0.15) is 5.56 Å². The van der Waals surface area contributed by atoms with Crippen molar-refractivity contribution in [3.63, 3.8) is 0 Å². The fourth-order valence-corrected chi connectivity index (χ4v) is 5.43. The summed E-state index contributed by atoms with van der Waals surface area (Å²) in [6, 6.07) is 4.32. The normalized spacial score (nSPS) is 24.4. The molecule has 2 atom stereocenters. The summed E-state index contributed by atoms with van der Waals surface area (Å²) in [5.41, 5.74) is 0.690. The van der Waals surface area contributed by atoms with Crippen molar-refractivity contribution in [1.29, 1.82) is 0 Å². The summed E-state index contributed by atoms with van der Waals surface area (Å²) in [6.45, 7) is 5.51. The summed E-state index contributed by atoms with van der Waals surface area (Å²) in [7, 11) is 4.96. The molecule has 1 aromatic heterocycles.